The number of amides is 1. The van der Waals surface area contributed by atoms with Gasteiger partial charge < -0.3 is 14.4 Å². The Bertz CT molecular complexity index is 1240. The van der Waals surface area contributed by atoms with Gasteiger partial charge in [0, 0.05) is 30.6 Å². The van der Waals surface area contributed by atoms with Crippen molar-refractivity contribution < 1.29 is 18.7 Å². The number of morpholine rings is 1. The molecule has 7 nitrogen and oxygen atoms in total. The fraction of sp³-hybridized carbons (Fsp3) is 0.414. The molecule has 1 N–H and O–H groups in total. The summed E-state index contributed by atoms with van der Waals surface area (Å²) in [6.07, 6.45) is 6.43. The number of aromatic nitrogens is 1. The molecular formula is C29H35FN4O3S2. The predicted octanol–water partition coefficient (Wildman–Crippen LogP) is 6.23. The van der Waals surface area contributed by atoms with Crippen molar-refractivity contribution in [1.82, 2.24) is 14.8 Å². The first-order valence-corrected chi connectivity index (χ1v) is 14.8. The summed E-state index contributed by atoms with van der Waals surface area (Å²) in [5.74, 6) is 1.40. The van der Waals surface area contributed by atoms with Gasteiger partial charge in [0.05, 0.1) is 29.8 Å². The second-order valence-corrected chi connectivity index (χ2v) is 11.1. The highest BCUT2D eigenvalue weighted by Gasteiger charge is 2.18. The lowest BCUT2D eigenvalue weighted by Crippen LogP contribution is -2.34. The summed E-state index contributed by atoms with van der Waals surface area (Å²) in [4.78, 5) is 19.0. The van der Waals surface area contributed by atoms with Gasteiger partial charge in [-0.05, 0) is 68.0 Å². The van der Waals surface area contributed by atoms with E-state index in [1.54, 1.807) is 16.2 Å². The minimum Gasteiger partial charge on any atom is -0.490 e. The largest absolute Gasteiger partial charge is 0.490 e. The van der Waals surface area contributed by atoms with E-state index >= 15 is 0 Å². The van der Waals surface area contributed by atoms with E-state index in [1.807, 2.05) is 45.2 Å². The number of aryl methyl sites for hydroxylation is 1. The summed E-state index contributed by atoms with van der Waals surface area (Å²) in [5.41, 5.74) is 5.76. The molecule has 2 heterocycles. The van der Waals surface area contributed by atoms with Gasteiger partial charge in [-0.3, -0.25) is 4.79 Å². The molecule has 0 bridgehead atoms. The van der Waals surface area contributed by atoms with E-state index in [2.05, 4.69) is 29.3 Å². The number of benzene rings is 2. The second kappa shape index (κ2) is 16.2. The molecule has 1 fully saturated rings. The lowest BCUT2D eigenvalue weighted by Gasteiger charge is -2.21. The number of halogens is 1. The van der Waals surface area contributed by atoms with Crippen LogP contribution in [0.1, 0.15) is 43.9 Å². The maximum atomic E-state index is 10.7. The standard InChI is InChI=1S/C22H20N2OS.C5H9NO2.C2H6FNS/c1-14(2)25-20-10-9-16(11-17(20)12-23)22-24-13-21(26-22)19-8-4-6-15-5-3-7-18(15)19;7-5-6-1-3-8-4-2-6;1-2-5-4-3/h4,6,8-11,13-14H,3,5,7H2,1-2H3;5H,1-4H2;4H,2H2,1H3. The average molecular weight is 571 g/mol. The number of nitrogens with zero attached hydrogens (tertiary/aromatic N) is 3. The fourth-order valence-electron chi connectivity index (χ4n) is 4.23. The zero-order valence-electron chi connectivity index (χ0n) is 22.6. The van der Waals surface area contributed by atoms with Crippen LogP contribution in [0.3, 0.4) is 0 Å². The number of hydrogen-bond acceptors (Lipinski definition) is 8. The summed E-state index contributed by atoms with van der Waals surface area (Å²) in [6.45, 7) is 8.68. The predicted molar refractivity (Wildman–Crippen MR) is 156 cm³/mol. The molecule has 0 atom stereocenters. The van der Waals surface area contributed by atoms with Gasteiger partial charge in [0.15, 0.2) is 0 Å². The van der Waals surface area contributed by atoms with Crippen LogP contribution in [-0.4, -0.2) is 54.5 Å². The maximum Gasteiger partial charge on any atom is 0.209 e. The molecule has 1 aliphatic heterocycles. The molecule has 0 spiro atoms. The van der Waals surface area contributed by atoms with E-state index in [9.17, 15) is 14.5 Å². The van der Waals surface area contributed by atoms with E-state index in [0.29, 0.717) is 24.5 Å². The topological polar surface area (TPSA) is 87.5 Å². The zero-order valence-corrected chi connectivity index (χ0v) is 24.2. The number of carbonyl (C=O) groups is 1. The van der Waals surface area contributed by atoms with Crippen molar-refractivity contribution in [1.29, 1.82) is 5.26 Å². The fourth-order valence-corrected chi connectivity index (χ4v) is 5.30. The molecular weight excluding hydrogens is 535 g/mol. The van der Waals surface area contributed by atoms with Crippen LogP contribution in [0.5, 0.6) is 5.75 Å². The number of nitrogens with one attached hydrogen (secondary N) is 1. The van der Waals surface area contributed by atoms with Crippen LogP contribution in [0.4, 0.5) is 4.48 Å². The van der Waals surface area contributed by atoms with Gasteiger partial charge in [0.1, 0.15) is 16.8 Å². The molecule has 1 aromatic heterocycles. The van der Waals surface area contributed by atoms with Gasteiger partial charge in [-0.1, -0.05) is 37.1 Å². The molecule has 10 heteroatoms. The molecule has 0 unspecified atom stereocenters. The normalized spacial score (nSPS) is 13.9. The van der Waals surface area contributed by atoms with Crippen LogP contribution in [0.25, 0.3) is 21.0 Å². The molecule has 0 radical (unpaired) electrons. The zero-order chi connectivity index (χ0) is 28.0. The lowest BCUT2D eigenvalue weighted by molar-refractivity contribution is -0.121. The highest BCUT2D eigenvalue weighted by atomic mass is 32.2. The summed E-state index contributed by atoms with van der Waals surface area (Å²) in [6, 6.07) is 14.5. The molecule has 2 aromatic carbocycles. The van der Waals surface area contributed by atoms with Gasteiger partial charge in [-0.25, -0.2) is 4.98 Å². The molecule has 1 saturated heterocycles. The average Bonchev–Trinajstić information content (AvgIpc) is 3.65. The minimum atomic E-state index is 0.0413. The number of carbonyl (C=O) groups excluding carboxylic acids is 1. The molecule has 39 heavy (non-hydrogen) atoms. The molecule has 208 valence electrons. The van der Waals surface area contributed by atoms with Crippen molar-refractivity contribution in [2.45, 2.75) is 46.1 Å². The van der Waals surface area contributed by atoms with Crippen molar-refractivity contribution >= 4 is 29.7 Å². The number of thiazole rings is 1. The molecule has 2 aliphatic rings. The van der Waals surface area contributed by atoms with Gasteiger partial charge in [0.2, 0.25) is 6.41 Å². The second-order valence-electron chi connectivity index (χ2n) is 9.08. The summed E-state index contributed by atoms with van der Waals surface area (Å²) in [5, 5.41) is 10.4. The van der Waals surface area contributed by atoms with E-state index in [-0.39, 0.29) is 6.10 Å². The molecule has 0 saturated carbocycles. The smallest absolute Gasteiger partial charge is 0.209 e. The number of ether oxygens (including phenoxy) is 2. The number of fused-ring (bicyclic) bond motifs is 1. The number of rotatable bonds is 7. The first kappa shape index (κ1) is 30.6. The van der Waals surface area contributed by atoms with Crippen molar-refractivity contribution in [3.05, 3.63) is 59.3 Å². The Labute approximate surface area is 238 Å². The third-order valence-electron chi connectivity index (χ3n) is 6.02. The SMILES string of the molecule is CC(C)Oc1ccc(-c2ncc(-c3cccc4c3CCC4)s2)cc1C#N.CCSNF.O=CN1CCOCC1. The van der Waals surface area contributed by atoms with Crippen LogP contribution in [0, 0.1) is 11.3 Å². The third kappa shape index (κ3) is 9.04. The highest BCUT2D eigenvalue weighted by Crippen LogP contribution is 2.38. The first-order valence-electron chi connectivity index (χ1n) is 13.0. The van der Waals surface area contributed by atoms with Crippen LogP contribution in [-0.2, 0) is 22.4 Å². The summed E-state index contributed by atoms with van der Waals surface area (Å²) >= 11 is 2.73. The van der Waals surface area contributed by atoms with E-state index in [0.717, 1.165) is 54.2 Å². The molecule has 1 amide bonds. The van der Waals surface area contributed by atoms with Gasteiger partial charge in [-0.2, -0.15) is 5.26 Å². The highest BCUT2D eigenvalue weighted by molar-refractivity contribution is 7.97. The summed E-state index contributed by atoms with van der Waals surface area (Å²) < 4.78 is 21.4. The Morgan fingerprint density at radius 2 is 2.08 bits per heavy atom. The molecule has 1 aliphatic carbocycles. The quantitative estimate of drug-likeness (QED) is 0.205. The maximum absolute atomic E-state index is 10.7. The van der Waals surface area contributed by atoms with Crippen LogP contribution in [0.2, 0.25) is 0 Å². The Hall–Kier alpha value is -2.97. The Balaban J connectivity index is 0.000000267. The van der Waals surface area contributed by atoms with Crippen LogP contribution >= 0.6 is 23.3 Å². The van der Waals surface area contributed by atoms with Gasteiger partial charge in [-0.15, -0.1) is 20.8 Å². The Morgan fingerprint density at radius 3 is 2.69 bits per heavy atom. The van der Waals surface area contributed by atoms with Crippen molar-refractivity contribution in [2.75, 3.05) is 32.1 Å². The van der Waals surface area contributed by atoms with E-state index in [4.69, 9.17) is 9.47 Å². The third-order valence-corrected chi connectivity index (χ3v) is 7.50. The van der Waals surface area contributed by atoms with Crippen molar-refractivity contribution in [2.24, 2.45) is 0 Å². The van der Waals surface area contributed by atoms with E-state index in [1.165, 1.54) is 39.4 Å². The Kier molecular flexibility index (Phi) is 12.7. The van der Waals surface area contributed by atoms with Crippen LogP contribution in [0.15, 0.2) is 42.6 Å². The van der Waals surface area contributed by atoms with E-state index < -0.39 is 0 Å². The Morgan fingerprint density at radius 1 is 1.28 bits per heavy atom. The van der Waals surface area contributed by atoms with Crippen molar-refractivity contribution in [3.63, 3.8) is 0 Å². The minimum absolute atomic E-state index is 0.0413. The number of nitriles is 1. The van der Waals surface area contributed by atoms with Crippen LogP contribution < -0.4 is 9.68 Å². The first-order chi connectivity index (χ1) is 19.0. The molecule has 5 rings (SSSR count). The molecule has 3 aromatic rings. The van der Waals surface area contributed by atoms with Crippen molar-refractivity contribution in [3.8, 4) is 32.8 Å². The van der Waals surface area contributed by atoms with Gasteiger partial charge >= 0.3 is 0 Å². The summed E-state index contributed by atoms with van der Waals surface area (Å²) in [7, 11) is 0. The number of hydrogen-bond donors (Lipinski definition) is 1. The lowest BCUT2D eigenvalue weighted by atomic mass is 10.0. The van der Waals surface area contributed by atoms with Gasteiger partial charge in [0.25, 0.3) is 0 Å². The monoisotopic (exact) mass is 570 g/mol.